The highest BCUT2D eigenvalue weighted by atomic mass is 16.3. The molecule has 0 aromatic heterocycles. The number of Topliss-reactive ketones (excluding diaryl/α,β-unsaturated/α-hetero) is 1. The molecule has 6 heteroatoms. The van der Waals surface area contributed by atoms with Crippen molar-refractivity contribution >= 4 is 5.78 Å². The predicted molar refractivity (Wildman–Crippen MR) is 176 cm³/mol. The van der Waals surface area contributed by atoms with Crippen LogP contribution in [0.2, 0.25) is 0 Å². The van der Waals surface area contributed by atoms with E-state index in [9.17, 15) is 15.0 Å². The van der Waals surface area contributed by atoms with Gasteiger partial charge in [-0.25, -0.2) is 0 Å². The molecule has 0 heterocycles. The molecule has 0 spiro atoms. The first-order chi connectivity index (χ1) is 18.7. The number of carbonyl (C=O) groups is 1. The summed E-state index contributed by atoms with van der Waals surface area (Å²) in [6.07, 6.45) is 3.32. The van der Waals surface area contributed by atoms with Crippen LogP contribution in [0.4, 0.5) is 0 Å². The zero-order valence-electron chi connectivity index (χ0n) is 23.9. The minimum atomic E-state index is -0.0681. The summed E-state index contributed by atoms with van der Waals surface area (Å²) in [7, 11) is 0. The summed E-state index contributed by atoms with van der Waals surface area (Å²) >= 11 is 0. The van der Waals surface area contributed by atoms with E-state index in [2.05, 4.69) is 13.8 Å². The quantitative estimate of drug-likeness (QED) is 0.181. The Balaban J connectivity index is -0.000000549. The summed E-state index contributed by atoms with van der Waals surface area (Å²) < 4.78 is 0. The van der Waals surface area contributed by atoms with Crippen LogP contribution in [0.1, 0.15) is 79.4 Å². The molecule has 0 atom stereocenters. The second kappa shape index (κ2) is 23.4. The smallest absolute Gasteiger partial charge is 0.132 e. The first-order valence-electron chi connectivity index (χ1n) is 13.3. The van der Waals surface area contributed by atoms with Crippen LogP contribution in [-0.4, -0.2) is 31.7 Å². The number of hydrogen-bond donors (Lipinski definition) is 4. The van der Waals surface area contributed by atoms with Crippen LogP contribution in [0.5, 0.6) is 23.0 Å². The van der Waals surface area contributed by atoms with E-state index >= 15 is 0 Å². The van der Waals surface area contributed by atoms with Crippen LogP contribution in [0.3, 0.4) is 0 Å². The van der Waals surface area contributed by atoms with Gasteiger partial charge in [0.1, 0.15) is 28.8 Å². The molecule has 6 N–H and O–H groups in total. The Bertz CT molecular complexity index is 1080. The van der Waals surface area contributed by atoms with Crippen molar-refractivity contribution in [3.63, 3.8) is 0 Å². The summed E-state index contributed by atoms with van der Waals surface area (Å²) in [5.74, 6) is 1.56. The van der Waals surface area contributed by atoms with Crippen molar-refractivity contribution in [3.8, 4) is 23.0 Å². The Morgan fingerprint density at radius 2 is 0.762 bits per heavy atom. The molecule has 0 bridgehead atoms. The standard InChI is InChI=1S/C17H20O2.2C6H6O.C5H10O.2CH4.H2O/c1-3-17(4-2,13-5-9-15(18)10-6-13)14-7-11-16(19)12-8-14;2*7-6-4-2-1-3-5-6;1-3-5(6)4-2;;;/h5-12,18-19H,3-4H2,1-2H3;2*1-5,7H;3-4H2,1-2H3;2*1H4;1H2. The minimum absolute atomic E-state index is 0. The molecular weight excluding hydrogens is 528 g/mol. The topological polar surface area (TPSA) is 129 Å². The van der Waals surface area contributed by atoms with Gasteiger partial charge in [0.15, 0.2) is 0 Å². The molecule has 0 amide bonds. The van der Waals surface area contributed by atoms with Gasteiger partial charge in [0.25, 0.3) is 0 Å². The third kappa shape index (κ3) is 14.9. The van der Waals surface area contributed by atoms with Gasteiger partial charge in [0.2, 0.25) is 0 Å². The van der Waals surface area contributed by atoms with Crippen molar-refractivity contribution in [2.75, 3.05) is 0 Å². The number of carbonyl (C=O) groups excluding carboxylic acids is 1. The zero-order chi connectivity index (χ0) is 29.1. The fraction of sp³-hybridized carbons (Fsp3) is 0.306. The van der Waals surface area contributed by atoms with E-state index in [4.69, 9.17) is 10.2 Å². The molecule has 232 valence electrons. The van der Waals surface area contributed by atoms with Gasteiger partial charge in [-0.15, -0.1) is 0 Å². The Morgan fingerprint density at radius 1 is 0.500 bits per heavy atom. The molecule has 0 aliphatic rings. The number of phenols is 4. The zero-order valence-corrected chi connectivity index (χ0v) is 23.9. The fourth-order valence-electron chi connectivity index (χ4n) is 3.90. The van der Waals surface area contributed by atoms with Gasteiger partial charge >= 0.3 is 0 Å². The maximum absolute atomic E-state index is 10.2. The summed E-state index contributed by atoms with van der Waals surface area (Å²) in [6.45, 7) is 8.10. The van der Waals surface area contributed by atoms with Gasteiger partial charge in [0.05, 0.1) is 0 Å². The molecule has 0 saturated carbocycles. The molecule has 0 fully saturated rings. The van der Waals surface area contributed by atoms with E-state index in [0.717, 1.165) is 12.8 Å². The average molecular weight is 581 g/mol. The van der Waals surface area contributed by atoms with Gasteiger partial charge in [-0.3, -0.25) is 4.79 Å². The monoisotopic (exact) mass is 580 g/mol. The van der Waals surface area contributed by atoms with E-state index in [0.29, 0.717) is 30.1 Å². The number of ketones is 1. The lowest BCUT2D eigenvalue weighted by molar-refractivity contribution is -0.118. The SMILES string of the molecule is C.C.CCC(=O)CC.CCC(CC)(c1ccc(O)cc1)c1ccc(O)cc1.O.Oc1ccccc1.Oc1ccccc1. The second-order valence-electron chi connectivity index (χ2n) is 8.80. The lowest BCUT2D eigenvalue weighted by Crippen LogP contribution is -2.25. The lowest BCUT2D eigenvalue weighted by Gasteiger charge is -2.33. The molecule has 4 aromatic carbocycles. The molecular formula is C36H52O6. The van der Waals surface area contributed by atoms with Gasteiger partial charge in [0, 0.05) is 18.3 Å². The van der Waals surface area contributed by atoms with Gasteiger partial charge < -0.3 is 25.9 Å². The van der Waals surface area contributed by atoms with Crippen LogP contribution >= 0.6 is 0 Å². The maximum Gasteiger partial charge on any atom is 0.132 e. The molecule has 4 aromatic rings. The van der Waals surface area contributed by atoms with E-state index in [-0.39, 0.29) is 37.2 Å². The van der Waals surface area contributed by atoms with Crippen molar-refractivity contribution < 1.29 is 30.7 Å². The van der Waals surface area contributed by atoms with E-state index in [1.165, 1.54) is 11.1 Å². The predicted octanol–water partition coefficient (Wildman–Crippen LogP) is 8.81. The third-order valence-electron chi connectivity index (χ3n) is 6.35. The van der Waals surface area contributed by atoms with Crippen molar-refractivity contribution in [2.45, 2.75) is 73.6 Å². The Labute approximate surface area is 253 Å². The summed E-state index contributed by atoms with van der Waals surface area (Å²) in [5, 5.41) is 36.1. The molecule has 0 aliphatic heterocycles. The number of para-hydroxylation sites is 2. The number of phenolic OH excluding ortho intramolecular Hbond substituents is 4. The largest absolute Gasteiger partial charge is 0.508 e. The molecule has 0 aliphatic carbocycles. The van der Waals surface area contributed by atoms with Crippen LogP contribution in [-0.2, 0) is 10.2 Å². The number of benzene rings is 4. The number of rotatable bonds is 6. The van der Waals surface area contributed by atoms with Crippen molar-refractivity contribution in [2.24, 2.45) is 0 Å². The normalized spacial score (nSPS) is 9.24. The fourth-order valence-corrected chi connectivity index (χ4v) is 3.90. The lowest BCUT2D eigenvalue weighted by atomic mass is 9.70. The highest BCUT2D eigenvalue weighted by Gasteiger charge is 2.30. The van der Waals surface area contributed by atoms with E-state index in [1.807, 2.05) is 50.2 Å². The van der Waals surface area contributed by atoms with Crippen molar-refractivity contribution in [1.82, 2.24) is 0 Å². The molecule has 0 unspecified atom stereocenters. The highest BCUT2D eigenvalue weighted by Crippen LogP contribution is 2.39. The van der Waals surface area contributed by atoms with Crippen LogP contribution in [0, 0.1) is 0 Å². The number of aromatic hydroxyl groups is 4. The Morgan fingerprint density at radius 3 is 0.929 bits per heavy atom. The van der Waals surface area contributed by atoms with Crippen LogP contribution in [0.25, 0.3) is 0 Å². The summed E-state index contributed by atoms with van der Waals surface area (Å²) in [6, 6.07) is 32.3. The number of hydrogen-bond acceptors (Lipinski definition) is 5. The van der Waals surface area contributed by atoms with Gasteiger partial charge in [-0.05, 0) is 72.5 Å². The third-order valence-corrected chi connectivity index (χ3v) is 6.35. The van der Waals surface area contributed by atoms with Crippen molar-refractivity contribution in [3.05, 3.63) is 120 Å². The van der Waals surface area contributed by atoms with Crippen LogP contribution < -0.4 is 0 Å². The average Bonchev–Trinajstić information content (AvgIpc) is 2.97. The first kappa shape index (κ1) is 42.2. The Hall–Kier alpha value is -4.29. The minimum Gasteiger partial charge on any atom is -0.508 e. The molecule has 42 heavy (non-hydrogen) atoms. The summed E-state index contributed by atoms with van der Waals surface area (Å²) in [4.78, 5) is 10.2. The van der Waals surface area contributed by atoms with E-state index in [1.54, 1.807) is 72.8 Å². The van der Waals surface area contributed by atoms with Crippen molar-refractivity contribution in [1.29, 1.82) is 0 Å². The summed E-state index contributed by atoms with van der Waals surface area (Å²) in [5.41, 5.74) is 2.32. The van der Waals surface area contributed by atoms with Gasteiger partial charge in [-0.1, -0.05) is 103 Å². The first-order valence-corrected chi connectivity index (χ1v) is 13.3. The molecule has 6 nitrogen and oxygen atoms in total. The van der Waals surface area contributed by atoms with Crippen LogP contribution in [0.15, 0.2) is 109 Å². The van der Waals surface area contributed by atoms with E-state index < -0.39 is 0 Å². The highest BCUT2D eigenvalue weighted by molar-refractivity contribution is 5.77. The Kier molecular flexibility index (Phi) is 23.5. The molecule has 0 radical (unpaired) electrons. The second-order valence-corrected chi connectivity index (χ2v) is 8.80. The van der Waals surface area contributed by atoms with Gasteiger partial charge in [-0.2, -0.15) is 0 Å². The molecule has 4 rings (SSSR count). The molecule has 0 saturated heterocycles. The maximum atomic E-state index is 10.2.